The second-order valence-electron chi connectivity index (χ2n) is 5.94. The second-order valence-corrected chi connectivity index (χ2v) is 5.94. The van der Waals surface area contributed by atoms with Crippen LogP contribution in [0.15, 0.2) is 47.0 Å². The van der Waals surface area contributed by atoms with Gasteiger partial charge in [-0.2, -0.15) is 0 Å². The zero-order valence-corrected chi connectivity index (χ0v) is 15.2. The SMILES string of the molecule is COc1ccc(-c2cc(CC(=O)Nc3ccc(C)c(F)c3)no2)cc1OC. The third-order valence-electron chi connectivity index (χ3n) is 4.02. The Morgan fingerprint density at radius 2 is 1.89 bits per heavy atom. The van der Waals surface area contributed by atoms with Crippen LogP contribution >= 0.6 is 0 Å². The number of aromatic nitrogens is 1. The van der Waals surface area contributed by atoms with Crippen molar-refractivity contribution >= 4 is 11.6 Å². The maximum atomic E-state index is 13.6. The van der Waals surface area contributed by atoms with Crippen LogP contribution in [0.5, 0.6) is 11.5 Å². The van der Waals surface area contributed by atoms with Crippen molar-refractivity contribution in [2.45, 2.75) is 13.3 Å². The number of methoxy groups -OCH3 is 2. The molecule has 0 fully saturated rings. The standard InChI is InChI=1S/C20H19FN2O4/c1-12-4-6-14(9-16(12)21)22-20(24)11-15-10-18(27-23-15)13-5-7-17(25-2)19(8-13)26-3/h4-10H,11H2,1-3H3,(H,22,24). The topological polar surface area (TPSA) is 73.6 Å². The number of rotatable bonds is 6. The molecule has 1 amide bonds. The van der Waals surface area contributed by atoms with Gasteiger partial charge >= 0.3 is 0 Å². The third kappa shape index (κ3) is 4.25. The lowest BCUT2D eigenvalue weighted by Gasteiger charge is -2.07. The molecule has 0 radical (unpaired) electrons. The molecule has 3 rings (SSSR count). The largest absolute Gasteiger partial charge is 0.493 e. The Morgan fingerprint density at radius 1 is 1.11 bits per heavy atom. The highest BCUT2D eigenvalue weighted by molar-refractivity contribution is 5.92. The van der Waals surface area contributed by atoms with Crippen LogP contribution in [0.1, 0.15) is 11.3 Å². The Kier molecular flexibility index (Phi) is 5.40. The molecule has 0 saturated heterocycles. The highest BCUT2D eigenvalue weighted by Gasteiger charge is 2.13. The fourth-order valence-corrected chi connectivity index (χ4v) is 2.56. The van der Waals surface area contributed by atoms with Crippen molar-refractivity contribution in [1.82, 2.24) is 5.16 Å². The van der Waals surface area contributed by atoms with E-state index in [0.717, 1.165) is 5.56 Å². The summed E-state index contributed by atoms with van der Waals surface area (Å²) in [5.74, 6) is 0.980. The minimum atomic E-state index is -0.370. The molecule has 0 bridgehead atoms. The molecule has 0 aliphatic rings. The second kappa shape index (κ2) is 7.90. The van der Waals surface area contributed by atoms with Gasteiger partial charge in [0.1, 0.15) is 5.82 Å². The predicted molar refractivity (Wildman–Crippen MR) is 98.5 cm³/mol. The summed E-state index contributed by atoms with van der Waals surface area (Å²) in [5, 5.41) is 6.57. The van der Waals surface area contributed by atoms with Crippen molar-refractivity contribution in [2.75, 3.05) is 19.5 Å². The average molecular weight is 370 g/mol. The fraction of sp³-hybridized carbons (Fsp3) is 0.200. The number of carbonyl (C=O) groups excluding carboxylic acids is 1. The average Bonchev–Trinajstić information content (AvgIpc) is 3.12. The van der Waals surface area contributed by atoms with E-state index in [4.69, 9.17) is 14.0 Å². The van der Waals surface area contributed by atoms with Crippen LogP contribution in [0.2, 0.25) is 0 Å². The van der Waals surface area contributed by atoms with Gasteiger partial charge in [0.2, 0.25) is 5.91 Å². The molecular weight excluding hydrogens is 351 g/mol. The number of benzene rings is 2. The van der Waals surface area contributed by atoms with Gasteiger partial charge in [0.05, 0.1) is 26.3 Å². The van der Waals surface area contributed by atoms with E-state index < -0.39 is 0 Å². The minimum absolute atomic E-state index is 0.00624. The van der Waals surface area contributed by atoms with Gasteiger partial charge in [0.25, 0.3) is 0 Å². The minimum Gasteiger partial charge on any atom is -0.493 e. The smallest absolute Gasteiger partial charge is 0.230 e. The molecule has 1 aromatic heterocycles. The zero-order valence-electron chi connectivity index (χ0n) is 15.2. The number of hydrogen-bond acceptors (Lipinski definition) is 5. The van der Waals surface area contributed by atoms with Gasteiger partial charge in [0, 0.05) is 17.3 Å². The summed E-state index contributed by atoms with van der Waals surface area (Å²) in [7, 11) is 3.11. The number of halogens is 1. The normalized spacial score (nSPS) is 10.5. The number of hydrogen-bond donors (Lipinski definition) is 1. The molecule has 140 valence electrons. The number of ether oxygens (including phenoxy) is 2. The molecule has 3 aromatic rings. The molecule has 1 N–H and O–H groups in total. The summed E-state index contributed by atoms with van der Waals surface area (Å²) >= 11 is 0. The summed E-state index contributed by atoms with van der Waals surface area (Å²) in [6.07, 6.45) is 0.00624. The van der Waals surface area contributed by atoms with E-state index in [1.54, 1.807) is 57.5 Å². The van der Waals surface area contributed by atoms with Crippen molar-refractivity contribution in [3.05, 3.63) is 59.5 Å². The van der Waals surface area contributed by atoms with Gasteiger partial charge in [-0.05, 0) is 42.8 Å². The summed E-state index contributed by atoms with van der Waals surface area (Å²) < 4.78 is 29.4. The quantitative estimate of drug-likeness (QED) is 0.710. The van der Waals surface area contributed by atoms with Gasteiger partial charge in [-0.1, -0.05) is 11.2 Å². The Balaban J connectivity index is 1.70. The predicted octanol–water partition coefficient (Wildman–Crippen LogP) is 3.99. The van der Waals surface area contributed by atoms with Gasteiger partial charge in [0.15, 0.2) is 17.3 Å². The van der Waals surface area contributed by atoms with E-state index in [0.29, 0.717) is 34.2 Å². The van der Waals surface area contributed by atoms with Gasteiger partial charge < -0.3 is 19.3 Å². The van der Waals surface area contributed by atoms with Gasteiger partial charge in [-0.25, -0.2) is 4.39 Å². The molecular formula is C20H19FN2O4. The number of anilines is 1. The maximum Gasteiger partial charge on any atom is 0.230 e. The lowest BCUT2D eigenvalue weighted by Crippen LogP contribution is -2.14. The number of amides is 1. The van der Waals surface area contributed by atoms with Crippen LogP contribution in [-0.2, 0) is 11.2 Å². The zero-order chi connectivity index (χ0) is 19.4. The first-order valence-electron chi connectivity index (χ1n) is 8.24. The van der Waals surface area contributed by atoms with Crippen LogP contribution in [0.4, 0.5) is 10.1 Å². The van der Waals surface area contributed by atoms with Crippen LogP contribution in [0.25, 0.3) is 11.3 Å². The summed E-state index contributed by atoms with van der Waals surface area (Å²) in [5.41, 5.74) is 2.12. The van der Waals surface area contributed by atoms with E-state index in [1.165, 1.54) is 6.07 Å². The van der Waals surface area contributed by atoms with Crippen LogP contribution in [-0.4, -0.2) is 25.3 Å². The van der Waals surface area contributed by atoms with Crippen molar-refractivity contribution < 1.29 is 23.2 Å². The molecule has 0 aliphatic heterocycles. The molecule has 0 saturated carbocycles. The Morgan fingerprint density at radius 3 is 2.59 bits per heavy atom. The summed E-state index contributed by atoms with van der Waals surface area (Å²) in [4.78, 5) is 12.2. The van der Waals surface area contributed by atoms with Crippen molar-refractivity contribution in [3.63, 3.8) is 0 Å². The summed E-state index contributed by atoms with van der Waals surface area (Å²) in [6.45, 7) is 1.66. The van der Waals surface area contributed by atoms with Crippen LogP contribution < -0.4 is 14.8 Å². The van der Waals surface area contributed by atoms with Crippen molar-refractivity contribution in [2.24, 2.45) is 0 Å². The number of carbonyl (C=O) groups is 1. The molecule has 0 unspecified atom stereocenters. The lowest BCUT2D eigenvalue weighted by molar-refractivity contribution is -0.115. The number of nitrogens with zero attached hydrogens (tertiary/aromatic N) is 1. The molecule has 0 spiro atoms. The molecule has 0 atom stereocenters. The van der Waals surface area contributed by atoms with E-state index in [1.807, 2.05) is 0 Å². The molecule has 0 aliphatic carbocycles. The van der Waals surface area contributed by atoms with E-state index in [9.17, 15) is 9.18 Å². The first-order valence-corrected chi connectivity index (χ1v) is 8.24. The third-order valence-corrected chi connectivity index (χ3v) is 4.02. The van der Waals surface area contributed by atoms with Crippen molar-refractivity contribution in [1.29, 1.82) is 0 Å². The van der Waals surface area contributed by atoms with Gasteiger partial charge in [-0.15, -0.1) is 0 Å². The number of aryl methyl sites for hydroxylation is 1. The van der Waals surface area contributed by atoms with Crippen LogP contribution in [0.3, 0.4) is 0 Å². The highest BCUT2D eigenvalue weighted by Crippen LogP contribution is 2.32. The maximum absolute atomic E-state index is 13.6. The van der Waals surface area contributed by atoms with Crippen LogP contribution in [0, 0.1) is 12.7 Å². The Hall–Kier alpha value is -3.35. The van der Waals surface area contributed by atoms with E-state index in [2.05, 4.69) is 10.5 Å². The van der Waals surface area contributed by atoms with Crippen molar-refractivity contribution in [3.8, 4) is 22.8 Å². The first-order chi connectivity index (χ1) is 13.0. The fourth-order valence-electron chi connectivity index (χ4n) is 2.56. The monoisotopic (exact) mass is 370 g/mol. The van der Waals surface area contributed by atoms with Gasteiger partial charge in [-0.3, -0.25) is 4.79 Å². The molecule has 2 aromatic carbocycles. The molecule has 1 heterocycles. The molecule has 7 heteroatoms. The highest BCUT2D eigenvalue weighted by atomic mass is 19.1. The molecule has 6 nitrogen and oxygen atoms in total. The number of nitrogens with one attached hydrogen (secondary N) is 1. The lowest BCUT2D eigenvalue weighted by atomic mass is 10.1. The van der Waals surface area contributed by atoms with E-state index in [-0.39, 0.29) is 18.1 Å². The Labute approximate surface area is 155 Å². The molecule has 27 heavy (non-hydrogen) atoms. The first kappa shape index (κ1) is 18.4. The van der Waals surface area contributed by atoms with E-state index >= 15 is 0 Å². The Bertz CT molecular complexity index is 968. The summed E-state index contributed by atoms with van der Waals surface area (Å²) in [6, 6.07) is 11.5.